The smallest absolute Gasteiger partial charge is 0.186 e. The lowest BCUT2D eigenvalue weighted by Gasteiger charge is -2.63. The highest BCUT2D eigenvalue weighted by Gasteiger charge is 2.70. The summed E-state index contributed by atoms with van der Waals surface area (Å²) < 4.78 is 26.1. The maximum atomic E-state index is 10.8. The lowest BCUT2D eigenvalue weighted by Crippen LogP contribution is -2.62. The first-order valence-electron chi connectivity index (χ1n) is 16.7. The van der Waals surface area contributed by atoms with Gasteiger partial charge in [-0.3, -0.25) is 0 Å². The van der Waals surface area contributed by atoms with E-state index in [0.29, 0.717) is 41.9 Å². The molecule has 234 valence electrons. The summed E-state index contributed by atoms with van der Waals surface area (Å²) in [6.45, 7) is 12.1. The van der Waals surface area contributed by atoms with E-state index in [2.05, 4.69) is 27.7 Å². The lowest BCUT2D eigenvalue weighted by atomic mass is 9.43. The summed E-state index contributed by atoms with van der Waals surface area (Å²) >= 11 is 0. The van der Waals surface area contributed by atoms with Crippen LogP contribution in [0.4, 0.5) is 0 Å². The van der Waals surface area contributed by atoms with Gasteiger partial charge in [0.15, 0.2) is 12.1 Å². The Labute approximate surface area is 245 Å². The summed E-state index contributed by atoms with van der Waals surface area (Å²) in [5.41, 5.74) is 0.213. The minimum Gasteiger partial charge on any atom is -0.393 e. The Bertz CT molecular complexity index is 984. The fourth-order valence-corrected chi connectivity index (χ4v) is 11.7. The van der Waals surface area contributed by atoms with Crippen LogP contribution in [-0.4, -0.2) is 81.8 Å². The van der Waals surface area contributed by atoms with Gasteiger partial charge in [0.1, 0.15) is 18.3 Å². The fourth-order valence-electron chi connectivity index (χ4n) is 11.7. The molecule has 3 saturated heterocycles. The van der Waals surface area contributed by atoms with Crippen LogP contribution >= 0.6 is 0 Å². The first-order valence-corrected chi connectivity index (χ1v) is 16.7. The molecule has 0 unspecified atom stereocenters. The van der Waals surface area contributed by atoms with Crippen LogP contribution in [0.15, 0.2) is 0 Å². The van der Waals surface area contributed by atoms with Crippen molar-refractivity contribution in [1.82, 2.24) is 0 Å². The second-order valence-corrected chi connectivity index (χ2v) is 16.0. The molecule has 8 heteroatoms. The first kappa shape index (κ1) is 29.4. The number of aliphatic hydroxyl groups is 4. The highest BCUT2D eigenvalue weighted by molar-refractivity contribution is 5.16. The van der Waals surface area contributed by atoms with Crippen LogP contribution in [0.25, 0.3) is 0 Å². The minimum atomic E-state index is -1.31. The zero-order valence-electron chi connectivity index (χ0n) is 25.7. The Kier molecular flexibility index (Phi) is 7.24. The Morgan fingerprint density at radius 3 is 2.24 bits per heavy atom. The standard InChI is InChI=1S/C33H54O8/c1-16-6-11-33(38-15-16)17(2)26-25(41-33)14-22-20-13-24(40-30-29(37)28(36)27(35)18(3)39-30)23-12-19(34)7-9-31(23,4)21(20)8-10-32(22,26)5/h16-30,34-37H,6-15H2,1-5H3/t16-,17-,18+,19-,20+,21-,22-,23+,24-,25-,26-,27+,28-,29+,30-,31+,32-,33+/m0/s1. The van der Waals surface area contributed by atoms with Crippen molar-refractivity contribution in [3.8, 4) is 0 Å². The quantitative estimate of drug-likeness (QED) is 0.367. The number of rotatable bonds is 2. The largest absolute Gasteiger partial charge is 0.393 e. The molecule has 0 amide bonds. The summed E-state index contributed by atoms with van der Waals surface area (Å²) in [7, 11) is 0. The number of aliphatic hydroxyl groups excluding tert-OH is 4. The molecule has 0 bridgehead atoms. The van der Waals surface area contributed by atoms with E-state index < -0.39 is 36.5 Å². The highest BCUT2D eigenvalue weighted by Crippen LogP contribution is 2.71. The molecular weight excluding hydrogens is 524 g/mol. The van der Waals surface area contributed by atoms with Gasteiger partial charge in [0, 0.05) is 12.3 Å². The van der Waals surface area contributed by atoms with E-state index >= 15 is 0 Å². The molecule has 1 spiro atoms. The highest BCUT2D eigenvalue weighted by atomic mass is 16.7. The normalized spacial score (nSPS) is 62.1. The maximum Gasteiger partial charge on any atom is 0.186 e. The monoisotopic (exact) mass is 578 g/mol. The predicted octanol–water partition coefficient (Wildman–Crippen LogP) is 3.62. The van der Waals surface area contributed by atoms with Gasteiger partial charge in [-0.25, -0.2) is 0 Å². The van der Waals surface area contributed by atoms with Crippen molar-refractivity contribution in [2.75, 3.05) is 6.61 Å². The molecule has 41 heavy (non-hydrogen) atoms. The van der Waals surface area contributed by atoms with E-state index in [4.69, 9.17) is 18.9 Å². The van der Waals surface area contributed by atoms with Gasteiger partial charge >= 0.3 is 0 Å². The van der Waals surface area contributed by atoms with Crippen LogP contribution in [0.3, 0.4) is 0 Å². The molecule has 7 fully saturated rings. The van der Waals surface area contributed by atoms with Crippen molar-refractivity contribution in [3.05, 3.63) is 0 Å². The molecule has 0 aromatic rings. The SMILES string of the molecule is C[C@H]1CC[C@@]2(OC1)O[C@H]1C[C@H]3[C@@H]4C[C@H](O[C@@H]5O[C@H](C)[C@@H](O)[C@H](O)[C@H]5O)[C@H]5C[C@@H](O)CC[C@]5(C)[C@H]4CC[C@]3(C)[C@H]1[C@@H]2C. The van der Waals surface area contributed by atoms with Gasteiger partial charge in [-0.2, -0.15) is 0 Å². The Morgan fingerprint density at radius 1 is 0.756 bits per heavy atom. The molecule has 0 radical (unpaired) electrons. The molecule has 3 aliphatic heterocycles. The zero-order valence-corrected chi connectivity index (χ0v) is 25.7. The summed E-state index contributed by atoms with van der Waals surface area (Å²) in [6, 6.07) is 0. The van der Waals surface area contributed by atoms with Crippen molar-refractivity contribution in [2.24, 2.45) is 52.3 Å². The van der Waals surface area contributed by atoms with Gasteiger partial charge in [0.25, 0.3) is 0 Å². The van der Waals surface area contributed by atoms with Gasteiger partial charge in [-0.15, -0.1) is 0 Å². The van der Waals surface area contributed by atoms with Crippen molar-refractivity contribution < 1.29 is 39.4 Å². The number of hydrogen-bond acceptors (Lipinski definition) is 8. The van der Waals surface area contributed by atoms with Crippen molar-refractivity contribution in [2.45, 2.75) is 147 Å². The molecule has 4 N–H and O–H groups in total. The molecular formula is C33H54O8. The summed E-state index contributed by atoms with van der Waals surface area (Å²) in [6.07, 6.45) is 3.25. The van der Waals surface area contributed by atoms with E-state index in [1.165, 1.54) is 19.3 Å². The fraction of sp³-hybridized carbons (Fsp3) is 1.00. The molecule has 4 aliphatic carbocycles. The molecule has 7 aliphatic rings. The van der Waals surface area contributed by atoms with Crippen molar-refractivity contribution in [1.29, 1.82) is 0 Å². The molecule has 8 nitrogen and oxygen atoms in total. The summed E-state index contributed by atoms with van der Waals surface area (Å²) in [5.74, 6) is 2.75. The third kappa shape index (κ3) is 4.28. The third-order valence-electron chi connectivity index (χ3n) is 14.0. The molecule has 0 aromatic carbocycles. The molecule has 3 heterocycles. The molecule has 0 aromatic heterocycles. The number of hydrogen-bond donors (Lipinski definition) is 4. The van der Waals surface area contributed by atoms with E-state index in [1.54, 1.807) is 6.92 Å². The van der Waals surface area contributed by atoms with Gasteiger partial charge < -0.3 is 39.4 Å². The zero-order chi connectivity index (χ0) is 29.1. The van der Waals surface area contributed by atoms with E-state index in [0.717, 1.165) is 38.7 Å². The van der Waals surface area contributed by atoms with Gasteiger partial charge in [-0.05, 0) is 105 Å². The van der Waals surface area contributed by atoms with Crippen LogP contribution in [0, 0.1) is 52.3 Å². The Morgan fingerprint density at radius 2 is 1.51 bits per heavy atom. The van der Waals surface area contributed by atoms with E-state index in [-0.39, 0.29) is 35.1 Å². The summed E-state index contributed by atoms with van der Waals surface area (Å²) in [4.78, 5) is 0. The average Bonchev–Trinajstić information content (AvgIpc) is 3.38. The van der Waals surface area contributed by atoms with Gasteiger partial charge in [-0.1, -0.05) is 27.7 Å². The second-order valence-electron chi connectivity index (χ2n) is 16.0. The Balaban J connectivity index is 1.17. The van der Waals surface area contributed by atoms with Gasteiger partial charge in [0.05, 0.1) is 31.0 Å². The van der Waals surface area contributed by atoms with Gasteiger partial charge in [0.2, 0.25) is 0 Å². The first-order chi connectivity index (χ1) is 19.4. The van der Waals surface area contributed by atoms with Crippen molar-refractivity contribution in [3.63, 3.8) is 0 Å². The predicted molar refractivity (Wildman–Crippen MR) is 150 cm³/mol. The maximum absolute atomic E-state index is 10.8. The van der Waals surface area contributed by atoms with Crippen LogP contribution in [-0.2, 0) is 18.9 Å². The van der Waals surface area contributed by atoms with Crippen LogP contribution in [0.2, 0.25) is 0 Å². The van der Waals surface area contributed by atoms with E-state index in [1.807, 2.05) is 0 Å². The third-order valence-corrected chi connectivity index (χ3v) is 14.0. The van der Waals surface area contributed by atoms with Crippen molar-refractivity contribution >= 4 is 0 Å². The van der Waals surface area contributed by atoms with E-state index in [9.17, 15) is 20.4 Å². The van der Waals surface area contributed by atoms with Crippen LogP contribution in [0.1, 0.15) is 92.4 Å². The topological polar surface area (TPSA) is 118 Å². The molecule has 4 saturated carbocycles. The van der Waals surface area contributed by atoms with Crippen LogP contribution in [0.5, 0.6) is 0 Å². The molecule has 7 rings (SSSR count). The number of ether oxygens (including phenoxy) is 4. The second kappa shape index (κ2) is 10.1. The lowest BCUT2D eigenvalue weighted by molar-refractivity contribution is -0.322. The Hall–Kier alpha value is -0.320. The average molecular weight is 579 g/mol. The van der Waals surface area contributed by atoms with Crippen LogP contribution < -0.4 is 0 Å². The minimum absolute atomic E-state index is 0.0333. The summed E-state index contributed by atoms with van der Waals surface area (Å²) in [5, 5.41) is 42.4. The number of fused-ring (bicyclic) bond motifs is 7. The molecule has 18 atom stereocenters.